The van der Waals surface area contributed by atoms with Gasteiger partial charge in [-0.05, 0) is 60.6 Å². The number of hydrogen-bond donors (Lipinski definition) is 0. The zero-order valence-electron chi connectivity index (χ0n) is 14.1. The highest BCUT2D eigenvalue weighted by Gasteiger charge is 2.20. The maximum atomic E-state index is 12.3. The first-order valence-electron chi connectivity index (χ1n) is 8.71. The number of esters is 1. The third-order valence-electron chi connectivity index (χ3n) is 4.97. The molecule has 24 heavy (non-hydrogen) atoms. The van der Waals surface area contributed by atoms with E-state index in [0.717, 1.165) is 17.5 Å². The summed E-state index contributed by atoms with van der Waals surface area (Å²) in [5.74, 6) is 1.77. The SMILES string of the molecule is CC1CCC(c2ccc(C(=O)Oc3ccc(C[Si])cc3)cc2)CC1. The molecule has 1 aliphatic rings. The van der Waals surface area contributed by atoms with Crippen LogP contribution in [0.2, 0.25) is 0 Å². The molecule has 0 bridgehead atoms. The third-order valence-corrected chi connectivity index (χ3v) is 5.38. The fourth-order valence-electron chi connectivity index (χ4n) is 3.33. The predicted octanol–water partition coefficient (Wildman–Crippen LogP) is 4.87. The van der Waals surface area contributed by atoms with E-state index in [0.29, 0.717) is 17.2 Å². The van der Waals surface area contributed by atoms with Gasteiger partial charge in [0.1, 0.15) is 5.75 Å². The Labute approximate surface area is 147 Å². The smallest absolute Gasteiger partial charge is 0.343 e. The zero-order chi connectivity index (χ0) is 16.9. The van der Waals surface area contributed by atoms with Gasteiger partial charge in [0.2, 0.25) is 0 Å². The molecule has 0 unspecified atom stereocenters. The molecule has 0 amide bonds. The fourth-order valence-corrected chi connectivity index (χ4v) is 3.56. The van der Waals surface area contributed by atoms with Crippen molar-refractivity contribution < 1.29 is 9.53 Å². The van der Waals surface area contributed by atoms with Crippen molar-refractivity contribution in [3.8, 4) is 5.75 Å². The molecule has 0 aliphatic heterocycles. The van der Waals surface area contributed by atoms with Crippen molar-refractivity contribution in [2.24, 2.45) is 5.92 Å². The minimum Gasteiger partial charge on any atom is -0.423 e. The van der Waals surface area contributed by atoms with Gasteiger partial charge in [-0.25, -0.2) is 4.79 Å². The lowest BCUT2D eigenvalue weighted by Gasteiger charge is -2.26. The van der Waals surface area contributed by atoms with Crippen molar-refractivity contribution in [1.82, 2.24) is 0 Å². The van der Waals surface area contributed by atoms with Gasteiger partial charge in [0.15, 0.2) is 0 Å². The number of hydrogen-bond acceptors (Lipinski definition) is 2. The number of benzene rings is 2. The second kappa shape index (κ2) is 7.80. The summed E-state index contributed by atoms with van der Waals surface area (Å²) in [6.45, 7) is 2.33. The topological polar surface area (TPSA) is 26.3 Å². The van der Waals surface area contributed by atoms with E-state index in [4.69, 9.17) is 4.74 Å². The third kappa shape index (κ3) is 4.15. The summed E-state index contributed by atoms with van der Waals surface area (Å²) in [6, 6.07) is 16.3. The summed E-state index contributed by atoms with van der Waals surface area (Å²) in [7, 11) is 3.45. The van der Waals surface area contributed by atoms with Gasteiger partial charge in [-0.3, -0.25) is 0 Å². The molecule has 0 aromatic heterocycles. The van der Waals surface area contributed by atoms with Gasteiger partial charge in [0.05, 0.1) is 5.56 Å². The Balaban J connectivity index is 1.62. The van der Waals surface area contributed by atoms with Gasteiger partial charge < -0.3 is 4.74 Å². The van der Waals surface area contributed by atoms with Gasteiger partial charge in [0, 0.05) is 10.2 Å². The number of rotatable bonds is 4. The van der Waals surface area contributed by atoms with E-state index < -0.39 is 0 Å². The molecule has 1 fully saturated rings. The molecule has 1 aliphatic carbocycles. The van der Waals surface area contributed by atoms with Crippen molar-refractivity contribution >= 4 is 16.2 Å². The van der Waals surface area contributed by atoms with Crippen LogP contribution in [0.15, 0.2) is 48.5 Å². The minimum atomic E-state index is -0.301. The van der Waals surface area contributed by atoms with Gasteiger partial charge in [-0.1, -0.05) is 49.6 Å². The summed E-state index contributed by atoms with van der Waals surface area (Å²) in [4.78, 5) is 12.3. The van der Waals surface area contributed by atoms with Crippen molar-refractivity contribution in [2.45, 2.75) is 44.6 Å². The molecule has 0 atom stereocenters. The molecule has 3 rings (SSSR count). The Bertz CT molecular complexity index is 668. The fraction of sp³-hybridized carbons (Fsp3) is 0.381. The van der Waals surface area contributed by atoms with Gasteiger partial charge in [0.25, 0.3) is 0 Å². The normalized spacial score (nSPS) is 20.6. The predicted molar refractivity (Wildman–Crippen MR) is 97.7 cm³/mol. The highest BCUT2D eigenvalue weighted by Crippen LogP contribution is 2.35. The minimum absolute atomic E-state index is 0.301. The largest absolute Gasteiger partial charge is 0.423 e. The van der Waals surface area contributed by atoms with Crippen LogP contribution in [0.5, 0.6) is 5.75 Å². The van der Waals surface area contributed by atoms with E-state index in [9.17, 15) is 4.79 Å². The highest BCUT2D eigenvalue weighted by atomic mass is 28.1. The summed E-state index contributed by atoms with van der Waals surface area (Å²) in [6.07, 6.45) is 5.12. The molecule has 3 radical (unpaired) electrons. The van der Waals surface area contributed by atoms with Gasteiger partial charge in [-0.15, -0.1) is 0 Å². The molecule has 2 aromatic rings. The standard InChI is InChI=1S/C21H23O2Si/c1-15-2-6-17(7-3-15)18-8-10-19(11-9-18)21(22)23-20-12-4-16(14-24)5-13-20/h4-5,8-13,15,17H,2-3,6-7,14H2,1H3. The Morgan fingerprint density at radius 2 is 1.62 bits per heavy atom. The number of carbonyl (C=O) groups is 1. The maximum Gasteiger partial charge on any atom is 0.343 e. The van der Waals surface area contributed by atoms with Crippen LogP contribution in [-0.2, 0) is 6.04 Å². The molecule has 2 nitrogen and oxygen atoms in total. The molecule has 123 valence electrons. The lowest BCUT2D eigenvalue weighted by Crippen LogP contribution is -2.12. The molecule has 1 saturated carbocycles. The summed E-state index contributed by atoms with van der Waals surface area (Å²) >= 11 is 0. The lowest BCUT2D eigenvalue weighted by molar-refractivity contribution is 0.0734. The van der Waals surface area contributed by atoms with Crippen LogP contribution < -0.4 is 4.74 Å². The van der Waals surface area contributed by atoms with Gasteiger partial charge >= 0.3 is 5.97 Å². The molecule has 3 heteroatoms. The monoisotopic (exact) mass is 335 g/mol. The molecule has 0 heterocycles. The second-order valence-electron chi connectivity index (χ2n) is 6.79. The summed E-state index contributed by atoms with van der Waals surface area (Å²) in [5, 5.41) is 0. The molecule has 0 saturated heterocycles. The average Bonchev–Trinajstić information content (AvgIpc) is 2.63. The van der Waals surface area contributed by atoms with Crippen LogP contribution >= 0.6 is 0 Å². The first-order chi connectivity index (χ1) is 11.7. The zero-order valence-corrected chi connectivity index (χ0v) is 15.1. The average molecular weight is 335 g/mol. The number of carbonyl (C=O) groups excluding carboxylic acids is 1. The Morgan fingerprint density at radius 1 is 1.00 bits per heavy atom. The maximum absolute atomic E-state index is 12.3. The summed E-state index contributed by atoms with van der Waals surface area (Å²) in [5.41, 5.74) is 3.10. The van der Waals surface area contributed by atoms with Crippen molar-refractivity contribution in [3.05, 3.63) is 65.2 Å². The Hall–Kier alpha value is -1.87. The van der Waals surface area contributed by atoms with Crippen molar-refractivity contribution in [3.63, 3.8) is 0 Å². The van der Waals surface area contributed by atoms with Gasteiger partial charge in [-0.2, -0.15) is 0 Å². The number of ether oxygens (including phenoxy) is 1. The van der Waals surface area contributed by atoms with E-state index in [1.807, 2.05) is 36.4 Å². The van der Waals surface area contributed by atoms with Crippen LogP contribution in [0.4, 0.5) is 0 Å². The molecule has 2 aromatic carbocycles. The summed E-state index contributed by atoms with van der Waals surface area (Å²) < 4.78 is 5.44. The first kappa shape index (κ1) is 17.0. The van der Waals surface area contributed by atoms with Crippen molar-refractivity contribution in [1.29, 1.82) is 0 Å². The molecule has 0 N–H and O–H groups in total. The van der Waals surface area contributed by atoms with Crippen LogP contribution in [0.25, 0.3) is 0 Å². The van der Waals surface area contributed by atoms with E-state index in [1.54, 1.807) is 0 Å². The first-order valence-corrected chi connectivity index (χ1v) is 9.42. The van der Waals surface area contributed by atoms with Crippen LogP contribution in [-0.4, -0.2) is 16.2 Å². The Morgan fingerprint density at radius 3 is 2.21 bits per heavy atom. The quantitative estimate of drug-likeness (QED) is 0.453. The van der Waals surface area contributed by atoms with E-state index in [1.165, 1.54) is 31.2 Å². The van der Waals surface area contributed by atoms with Crippen LogP contribution in [0, 0.1) is 5.92 Å². The molecular weight excluding hydrogens is 312 g/mol. The molecular formula is C21H23O2Si. The second-order valence-corrected chi connectivity index (χ2v) is 7.14. The lowest BCUT2D eigenvalue weighted by atomic mass is 9.79. The molecule has 0 spiro atoms. The Kier molecular flexibility index (Phi) is 5.51. The van der Waals surface area contributed by atoms with Crippen molar-refractivity contribution in [2.75, 3.05) is 0 Å². The van der Waals surface area contributed by atoms with E-state index in [-0.39, 0.29) is 5.97 Å². The van der Waals surface area contributed by atoms with Crippen LogP contribution in [0.3, 0.4) is 0 Å². The van der Waals surface area contributed by atoms with E-state index in [2.05, 4.69) is 29.3 Å². The van der Waals surface area contributed by atoms with Crippen LogP contribution in [0.1, 0.15) is 60.0 Å². The highest BCUT2D eigenvalue weighted by molar-refractivity contribution is 6.08. The van der Waals surface area contributed by atoms with E-state index >= 15 is 0 Å².